The molecule has 0 fully saturated rings. The molecule has 1 nitrogen and oxygen atoms in total. The molecule has 0 aliphatic rings. The molecular weight excluding hydrogens is 347 g/mol. The first-order valence-corrected chi connectivity index (χ1v) is 10.4. The van der Waals surface area contributed by atoms with Gasteiger partial charge in [-0.25, -0.2) is 0 Å². The van der Waals surface area contributed by atoms with Crippen molar-refractivity contribution < 1.29 is 4.79 Å². The number of benzene rings is 1. The SMILES string of the molecule is O=C([Se])CCCCCCCCCCCCCCc1ccccc1. The van der Waals surface area contributed by atoms with Crippen molar-refractivity contribution >= 4 is 20.7 Å². The fourth-order valence-electron chi connectivity index (χ4n) is 3.01. The van der Waals surface area contributed by atoms with Crippen LogP contribution in [0.1, 0.15) is 89.0 Å². The minimum absolute atomic E-state index is 0.216. The van der Waals surface area contributed by atoms with E-state index in [0.29, 0.717) is 0 Å². The van der Waals surface area contributed by atoms with E-state index in [9.17, 15) is 4.79 Å². The number of unbranched alkanes of at least 4 members (excludes halogenated alkanes) is 11. The predicted octanol–water partition coefficient (Wildman–Crippen LogP) is 6.00. The van der Waals surface area contributed by atoms with Crippen molar-refractivity contribution in [3.05, 3.63) is 35.9 Å². The van der Waals surface area contributed by atoms with Crippen molar-refractivity contribution in [3.63, 3.8) is 0 Å². The zero-order valence-corrected chi connectivity index (χ0v) is 16.3. The van der Waals surface area contributed by atoms with Gasteiger partial charge in [0.1, 0.15) is 0 Å². The molecule has 0 saturated heterocycles. The standard InChI is InChI=1S/C21H33OSe/c22-21(23)19-15-10-8-6-4-2-1-3-5-7-9-12-16-20-17-13-11-14-18-20/h11,13-14,17-18H,1-10,12,15-16,19H2. The van der Waals surface area contributed by atoms with Gasteiger partial charge in [0.25, 0.3) is 0 Å². The molecule has 0 bridgehead atoms. The normalized spacial score (nSPS) is 10.8. The average molecular weight is 380 g/mol. The number of rotatable bonds is 15. The third-order valence-corrected chi connectivity index (χ3v) is 4.87. The van der Waals surface area contributed by atoms with Gasteiger partial charge in [-0.1, -0.05) is 36.8 Å². The van der Waals surface area contributed by atoms with Crippen LogP contribution in [0.5, 0.6) is 0 Å². The fraction of sp³-hybridized carbons (Fsp3) is 0.667. The number of aryl methyl sites for hydroxylation is 1. The van der Waals surface area contributed by atoms with Crippen molar-refractivity contribution in [1.29, 1.82) is 0 Å². The second-order valence-electron chi connectivity index (χ2n) is 6.60. The summed E-state index contributed by atoms with van der Waals surface area (Å²) in [5.74, 6) is 0. The molecule has 0 saturated carbocycles. The van der Waals surface area contributed by atoms with E-state index in [-0.39, 0.29) is 4.68 Å². The van der Waals surface area contributed by atoms with E-state index >= 15 is 0 Å². The zero-order valence-electron chi connectivity index (χ0n) is 14.6. The summed E-state index contributed by atoms with van der Waals surface area (Å²) in [5, 5.41) is 0. The van der Waals surface area contributed by atoms with Gasteiger partial charge in [-0.15, -0.1) is 0 Å². The van der Waals surface area contributed by atoms with Crippen LogP contribution in [-0.4, -0.2) is 20.7 Å². The molecule has 1 aromatic rings. The van der Waals surface area contributed by atoms with Crippen LogP contribution in [0.3, 0.4) is 0 Å². The summed E-state index contributed by atoms with van der Waals surface area (Å²) in [4.78, 5) is 10.8. The van der Waals surface area contributed by atoms with Crippen LogP contribution in [0.25, 0.3) is 0 Å². The summed E-state index contributed by atoms with van der Waals surface area (Å²) in [6.07, 6.45) is 18.0. The minimum Gasteiger partial charge on any atom is -0.0622 e. The molecule has 0 amide bonds. The molecule has 0 heterocycles. The Morgan fingerprint density at radius 1 is 0.652 bits per heavy atom. The molecule has 0 unspecified atom stereocenters. The average Bonchev–Trinajstić information content (AvgIpc) is 2.56. The van der Waals surface area contributed by atoms with Crippen LogP contribution in [0.15, 0.2) is 30.3 Å². The van der Waals surface area contributed by atoms with Gasteiger partial charge in [0.2, 0.25) is 0 Å². The van der Waals surface area contributed by atoms with Gasteiger partial charge in [-0.2, -0.15) is 0 Å². The minimum atomic E-state index is 0.216. The maximum atomic E-state index is 10.8. The molecule has 0 aliphatic carbocycles. The monoisotopic (exact) mass is 381 g/mol. The van der Waals surface area contributed by atoms with Gasteiger partial charge >= 0.3 is 96.1 Å². The van der Waals surface area contributed by atoms with E-state index < -0.39 is 0 Å². The first-order chi connectivity index (χ1) is 11.3. The van der Waals surface area contributed by atoms with Gasteiger partial charge in [-0.05, 0) is 18.4 Å². The molecule has 0 aromatic heterocycles. The summed E-state index contributed by atoms with van der Waals surface area (Å²) < 4.78 is 0.216. The van der Waals surface area contributed by atoms with Crippen molar-refractivity contribution in [2.24, 2.45) is 0 Å². The molecular formula is C21H33OSe. The molecule has 2 heteroatoms. The number of hydrogen-bond acceptors (Lipinski definition) is 1. The predicted molar refractivity (Wildman–Crippen MR) is 101 cm³/mol. The van der Waals surface area contributed by atoms with Crippen molar-refractivity contribution in [3.8, 4) is 0 Å². The third-order valence-electron chi connectivity index (χ3n) is 4.44. The Kier molecular flexibility index (Phi) is 13.3. The molecule has 129 valence electrons. The quantitative estimate of drug-likeness (QED) is 0.270. The zero-order chi connectivity index (χ0) is 16.6. The van der Waals surface area contributed by atoms with Crippen molar-refractivity contribution in [2.75, 3.05) is 0 Å². The van der Waals surface area contributed by atoms with Gasteiger partial charge in [0.15, 0.2) is 0 Å². The Morgan fingerprint density at radius 3 is 1.57 bits per heavy atom. The molecule has 1 rings (SSSR count). The fourth-order valence-corrected chi connectivity index (χ4v) is 3.31. The van der Waals surface area contributed by atoms with E-state index in [1.807, 2.05) is 0 Å². The van der Waals surface area contributed by atoms with Gasteiger partial charge in [0.05, 0.1) is 0 Å². The Bertz CT molecular complexity index is 388. The summed E-state index contributed by atoms with van der Waals surface area (Å²) >= 11 is 2.55. The van der Waals surface area contributed by atoms with Crippen molar-refractivity contribution in [2.45, 2.75) is 89.9 Å². The van der Waals surface area contributed by atoms with Crippen LogP contribution in [0.2, 0.25) is 0 Å². The number of carbonyl (C=O) groups is 1. The van der Waals surface area contributed by atoms with Crippen molar-refractivity contribution in [1.82, 2.24) is 0 Å². The van der Waals surface area contributed by atoms with E-state index in [2.05, 4.69) is 46.3 Å². The first kappa shape index (κ1) is 20.5. The van der Waals surface area contributed by atoms with E-state index in [1.54, 1.807) is 0 Å². The maximum absolute atomic E-state index is 10.8. The summed E-state index contributed by atoms with van der Waals surface area (Å²) in [5.41, 5.74) is 1.48. The van der Waals surface area contributed by atoms with E-state index in [0.717, 1.165) is 12.8 Å². The Balaban J connectivity index is 1.74. The van der Waals surface area contributed by atoms with Crippen LogP contribution >= 0.6 is 0 Å². The summed E-state index contributed by atoms with van der Waals surface area (Å²) in [6, 6.07) is 10.8. The van der Waals surface area contributed by atoms with Crippen LogP contribution < -0.4 is 0 Å². The molecule has 0 atom stereocenters. The second kappa shape index (κ2) is 15.0. The van der Waals surface area contributed by atoms with E-state index in [4.69, 9.17) is 0 Å². The van der Waals surface area contributed by atoms with Crippen LogP contribution in [0.4, 0.5) is 0 Å². The van der Waals surface area contributed by atoms with E-state index in [1.165, 1.54) is 82.6 Å². The summed E-state index contributed by atoms with van der Waals surface area (Å²) in [6.45, 7) is 0. The summed E-state index contributed by atoms with van der Waals surface area (Å²) in [7, 11) is 0. The van der Waals surface area contributed by atoms with Crippen LogP contribution in [0, 0.1) is 0 Å². The van der Waals surface area contributed by atoms with Crippen LogP contribution in [-0.2, 0) is 11.2 Å². The molecule has 0 aliphatic heterocycles. The molecule has 1 radical (unpaired) electrons. The Morgan fingerprint density at radius 2 is 1.09 bits per heavy atom. The molecule has 23 heavy (non-hydrogen) atoms. The van der Waals surface area contributed by atoms with Gasteiger partial charge in [-0.3, -0.25) is 0 Å². The molecule has 0 spiro atoms. The third kappa shape index (κ3) is 13.5. The number of hydrogen-bond donors (Lipinski definition) is 0. The topological polar surface area (TPSA) is 17.1 Å². The smallest absolute Gasteiger partial charge is 0.0622 e. The van der Waals surface area contributed by atoms with Gasteiger partial charge in [0, 0.05) is 0 Å². The molecule has 0 N–H and O–H groups in total. The Hall–Kier alpha value is -0.591. The van der Waals surface area contributed by atoms with Gasteiger partial charge < -0.3 is 0 Å². The first-order valence-electron chi connectivity index (χ1n) is 9.53. The number of carbonyl (C=O) groups excluding carboxylic acids is 1. The molecule has 1 aromatic carbocycles. The second-order valence-corrected chi connectivity index (χ2v) is 7.56. The Labute approximate surface area is 151 Å².